The van der Waals surface area contributed by atoms with E-state index in [1.807, 2.05) is 0 Å². The van der Waals surface area contributed by atoms with Crippen LogP contribution in [0.25, 0.3) is 0 Å². The highest BCUT2D eigenvalue weighted by Crippen LogP contribution is 2.26. The van der Waals surface area contributed by atoms with Crippen molar-refractivity contribution in [2.24, 2.45) is 0 Å². The molecule has 0 bridgehead atoms. The van der Waals surface area contributed by atoms with Crippen molar-refractivity contribution in [2.75, 3.05) is 13.2 Å². The summed E-state index contributed by atoms with van der Waals surface area (Å²) in [4.78, 5) is 0. The van der Waals surface area contributed by atoms with Crippen molar-refractivity contribution in [1.82, 2.24) is 5.32 Å². The van der Waals surface area contributed by atoms with Crippen LogP contribution in [0.4, 0.5) is 0 Å². The van der Waals surface area contributed by atoms with Gasteiger partial charge in [-0.2, -0.15) is 0 Å². The zero-order valence-electron chi connectivity index (χ0n) is 13.2. The quantitative estimate of drug-likeness (QED) is 0.801. The smallest absolute Gasteiger partial charge is 0.0576 e. The van der Waals surface area contributed by atoms with Crippen LogP contribution in [0.15, 0.2) is 18.2 Å². The van der Waals surface area contributed by atoms with Gasteiger partial charge in [0.2, 0.25) is 0 Å². The molecular formula is C18H29NO. The van der Waals surface area contributed by atoms with Gasteiger partial charge in [0, 0.05) is 12.6 Å². The molecule has 1 aliphatic rings. The minimum atomic E-state index is 0.487. The molecular weight excluding hydrogens is 246 g/mol. The average Bonchev–Trinajstić information content (AvgIpc) is 2.94. The van der Waals surface area contributed by atoms with E-state index in [2.05, 4.69) is 44.3 Å². The Kier molecular flexibility index (Phi) is 6.06. The van der Waals surface area contributed by atoms with E-state index in [0.717, 1.165) is 13.2 Å². The minimum absolute atomic E-state index is 0.487. The first-order valence-electron chi connectivity index (χ1n) is 8.13. The number of benzene rings is 1. The highest BCUT2D eigenvalue weighted by molar-refractivity contribution is 5.33. The largest absolute Gasteiger partial charge is 0.378 e. The first-order chi connectivity index (χ1) is 9.70. The van der Waals surface area contributed by atoms with Crippen LogP contribution in [-0.4, -0.2) is 19.3 Å². The average molecular weight is 275 g/mol. The standard InChI is InChI=1S/C18H29NO/c1-4-19-18(9-5-7-16-8-6-12-20-16)17-13-14(2)10-11-15(17)3/h10-11,13,16,18-19H,4-9,12H2,1-3H3. The van der Waals surface area contributed by atoms with Gasteiger partial charge in [-0.1, -0.05) is 30.7 Å². The minimum Gasteiger partial charge on any atom is -0.378 e. The van der Waals surface area contributed by atoms with Crippen LogP contribution in [0.1, 0.15) is 61.8 Å². The molecule has 2 atom stereocenters. The van der Waals surface area contributed by atoms with Crippen molar-refractivity contribution in [3.63, 3.8) is 0 Å². The zero-order chi connectivity index (χ0) is 14.4. The lowest BCUT2D eigenvalue weighted by atomic mass is 9.94. The van der Waals surface area contributed by atoms with Gasteiger partial charge in [0.15, 0.2) is 0 Å². The Morgan fingerprint density at radius 1 is 1.35 bits per heavy atom. The van der Waals surface area contributed by atoms with E-state index >= 15 is 0 Å². The van der Waals surface area contributed by atoms with Crippen molar-refractivity contribution in [2.45, 2.75) is 65.0 Å². The predicted octanol–water partition coefficient (Wildman–Crippen LogP) is 4.30. The Morgan fingerprint density at radius 2 is 2.20 bits per heavy atom. The van der Waals surface area contributed by atoms with Crippen molar-refractivity contribution in [3.8, 4) is 0 Å². The Morgan fingerprint density at radius 3 is 2.90 bits per heavy atom. The first kappa shape index (κ1) is 15.5. The Bertz CT molecular complexity index is 410. The molecule has 0 aliphatic carbocycles. The molecule has 0 radical (unpaired) electrons. The van der Waals surface area contributed by atoms with Gasteiger partial charge < -0.3 is 10.1 Å². The van der Waals surface area contributed by atoms with E-state index in [9.17, 15) is 0 Å². The van der Waals surface area contributed by atoms with Crippen LogP contribution in [0.2, 0.25) is 0 Å². The molecule has 112 valence electrons. The lowest BCUT2D eigenvalue weighted by Gasteiger charge is -2.21. The number of hydrogen-bond acceptors (Lipinski definition) is 2. The maximum absolute atomic E-state index is 5.72. The van der Waals surface area contributed by atoms with E-state index in [1.165, 1.54) is 48.8 Å². The second-order valence-electron chi connectivity index (χ2n) is 6.04. The first-order valence-corrected chi connectivity index (χ1v) is 8.13. The number of hydrogen-bond donors (Lipinski definition) is 1. The molecule has 2 heteroatoms. The Balaban J connectivity index is 1.93. The molecule has 2 unspecified atom stereocenters. The third-order valence-corrected chi connectivity index (χ3v) is 4.30. The van der Waals surface area contributed by atoms with Crippen LogP contribution < -0.4 is 5.32 Å². The molecule has 1 heterocycles. The van der Waals surface area contributed by atoms with Gasteiger partial charge in [0.25, 0.3) is 0 Å². The van der Waals surface area contributed by atoms with E-state index in [4.69, 9.17) is 4.74 Å². The summed E-state index contributed by atoms with van der Waals surface area (Å²) in [6.45, 7) is 8.59. The highest BCUT2D eigenvalue weighted by Gasteiger charge is 2.17. The summed E-state index contributed by atoms with van der Waals surface area (Å²) in [7, 11) is 0. The summed E-state index contributed by atoms with van der Waals surface area (Å²) in [6.07, 6.45) is 6.70. The summed E-state index contributed by atoms with van der Waals surface area (Å²) in [6, 6.07) is 7.28. The van der Waals surface area contributed by atoms with Crippen LogP contribution in [-0.2, 0) is 4.74 Å². The molecule has 0 amide bonds. The fourth-order valence-electron chi connectivity index (χ4n) is 3.17. The van der Waals surface area contributed by atoms with Crippen molar-refractivity contribution in [3.05, 3.63) is 34.9 Å². The lowest BCUT2D eigenvalue weighted by molar-refractivity contribution is 0.101. The number of rotatable bonds is 7. The summed E-state index contributed by atoms with van der Waals surface area (Å²) < 4.78 is 5.72. The van der Waals surface area contributed by atoms with Crippen molar-refractivity contribution in [1.29, 1.82) is 0 Å². The zero-order valence-corrected chi connectivity index (χ0v) is 13.2. The summed E-state index contributed by atoms with van der Waals surface area (Å²) in [5, 5.41) is 3.65. The molecule has 1 fully saturated rings. The molecule has 0 aromatic heterocycles. The maximum Gasteiger partial charge on any atom is 0.0576 e. The molecule has 1 aromatic rings. The van der Waals surface area contributed by atoms with E-state index in [0.29, 0.717) is 12.1 Å². The van der Waals surface area contributed by atoms with Gasteiger partial charge in [-0.05, 0) is 63.6 Å². The van der Waals surface area contributed by atoms with Crippen LogP contribution >= 0.6 is 0 Å². The van der Waals surface area contributed by atoms with Crippen molar-refractivity contribution >= 4 is 0 Å². The molecule has 1 saturated heterocycles. The van der Waals surface area contributed by atoms with Gasteiger partial charge >= 0.3 is 0 Å². The highest BCUT2D eigenvalue weighted by atomic mass is 16.5. The van der Waals surface area contributed by atoms with E-state index in [-0.39, 0.29) is 0 Å². The summed E-state index contributed by atoms with van der Waals surface area (Å²) in [5.74, 6) is 0. The molecule has 20 heavy (non-hydrogen) atoms. The van der Waals surface area contributed by atoms with E-state index in [1.54, 1.807) is 0 Å². The summed E-state index contributed by atoms with van der Waals surface area (Å²) >= 11 is 0. The molecule has 2 nitrogen and oxygen atoms in total. The fraction of sp³-hybridized carbons (Fsp3) is 0.667. The van der Waals surface area contributed by atoms with Gasteiger partial charge in [-0.3, -0.25) is 0 Å². The van der Waals surface area contributed by atoms with Crippen LogP contribution in [0.5, 0.6) is 0 Å². The van der Waals surface area contributed by atoms with E-state index < -0.39 is 0 Å². The molecule has 1 N–H and O–H groups in total. The van der Waals surface area contributed by atoms with Gasteiger partial charge in [-0.25, -0.2) is 0 Å². The van der Waals surface area contributed by atoms with Crippen LogP contribution in [0.3, 0.4) is 0 Å². The molecule has 1 aromatic carbocycles. The topological polar surface area (TPSA) is 21.3 Å². The maximum atomic E-state index is 5.72. The predicted molar refractivity (Wildman–Crippen MR) is 85.2 cm³/mol. The van der Waals surface area contributed by atoms with Gasteiger partial charge in [0.05, 0.1) is 6.10 Å². The third-order valence-electron chi connectivity index (χ3n) is 4.30. The molecule has 0 spiro atoms. The summed E-state index contributed by atoms with van der Waals surface area (Å²) in [5.41, 5.74) is 4.23. The molecule has 2 rings (SSSR count). The molecule has 0 saturated carbocycles. The second-order valence-corrected chi connectivity index (χ2v) is 6.04. The van der Waals surface area contributed by atoms with Gasteiger partial charge in [-0.15, -0.1) is 0 Å². The Hall–Kier alpha value is -0.860. The molecule has 1 aliphatic heterocycles. The SMILES string of the molecule is CCNC(CCCC1CCCO1)c1cc(C)ccc1C. The lowest BCUT2D eigenvalue weighted by Crippen LogP contribution is -2.22. The number of nitrogens with one attached hydrogen (secondary N) is 1. The fourth-order valence-corrected chi connectivity index (χ4v) is 3.17. The van der Waals surface area contributed by atoms with Crippen LogP contribution in [0, 0.1) is 13.8 Å². The number of aryl methyl sites for hydroxylation is 2. The third kappa shape index (κ3) is 4.32. The second kappa shape index (κ2) is 7.80. The van der Waals surface area contributed by atoms with Crippen molar-refractivity contribution < 1.29 is 4.74 Å². The van der Waals surface area contributed by atoms with Gasteiger partial charge in [0.1, 0.15) is 0 Å². The Labute approximate surface area is 123 Å². The monoisotopic (exact) mass is 275 g/mol. The number of ether oxygens (including phenoxy) is 1. The normalized spacial score (nSPS) is 20.2.